The van der Waals surface area contributed by atoms with Crippen LogP contribution in [0.4, 0.5) is 0 Å². The van der Waals surface area contributed by atoms with E-state index in [9.17, 15) is 9.59 Å². The van der Waals surface area contributed by atoms with Crippen molar-refractivity contribution in [3.8, 4) is 0 Å². The van der Waals surface area contributed by atoms with E-state index in [1.54, 1.807) is 6.08 Å². The second kappa shape index (κ2) is 7.90. The van der Waals surface area contributed by atoms with Crippen molar-refractivity contribution in [1.29, 1.82) is 0 Å². The molecule has 2 atom stereocenters. The summed E-state index contributed by atoms with van der Waals surface area (Å²) in [4.78, 5) is 23.5. The van der Waals surface area contributed by atoms with Gasteiger partial charge in [-0.3, -0.25) is 9.59 Å². The normalized spacial score (nSPS) is 23.8. The van der Waals surface area contributed by atoms with Gasteiger partial charge >= 0.3 is 5.97 Å². The minimum atomic E-state index is -0.203. The molecule has 1 aliphatic rings. The predicted molar refractivity (Wildman–Crippen MR) is 70.0 cm³/mol. The number of methoxy groups -OCH3 is 1. The number of esters is 1. The molecule has 0 aromatic carbocycles. The molecule has 1 amide bonds. The first-order chi connectivity index (χ1) is 8.69. The molecule has 0 radical (unpaired) electrons. The molecule has 18 heavy (non-hydrogen) atoms. The fourth-order valence-electron chi connectivity index (χ4n) is 2.43. The molecule has 0 aromatic rings. The van der Waals surface area contributed by atoms with Crippen molar-refractivity contribution in [3.63, 3.8) is 0 Å². The van der Waals surface area contributed by atoms with Crippen LogP contribution in [0.1, 0.15) is 44.9 Å². The van der Waals surface area contributed by atoms with Crippen LogP contribution in [0.5, 0.6) is 0 Å². The average molecular weight is 253 g/mol. The Balaban J connectivity index is 2.58. The zero-order valence-electron chi connectivity index (χ0n) is 11.1. The number of carbonyl (C=O) groups is 2. The van der Waals surface area contributed by atoms with Gasteiger partial charge in [0, 0.05) is 12.5 Å². The fourth-order valence-corrected chi connectivity index (χ4v) is 2.43. The largest absolute Gasteiger partial charge is 0.469 e. The lowest BCUT2D eigenvalue weighted by molar-refractivity contribution is -0.147. The average Bonchev–Trinajstić information content (AvgIpc) is 2.61. The molecule has 1 N–H and O–H groups in total. The fraction of sp³-hybridized carbons (Fsp3) is 0.714. The topological polar surface area (TPSA) is 55.4 Å². The first-order valence-corrected chi connectivity index (χ1v) is 6.67. The monoisotopic (exact) mass is 253 g/mol. The highest BCUT2D eigenvalue weighted by molar-refractivity contribution is 5.78. The van der Waals surface area contributed by atoms with Gasteiger partial charge in [-0.2, -0.15) is 0 Å². The van der Waals surface area contributed by atoms with Crippen molar-refractivity contribution >= 4 is 11.9 Å². The van der Waals surface area contributed by atoms with Crippen molar-refractivity contribution in [2.75, 3.05) is 7.11 Å². The van der Waals surface area contributed by atoms with Gasteiger partial charge in [0.1, 0.15) is 0 Å². The quantitative estimate of drug-likeness (QED) is 0.464. The molecule has 1 rings (SSSR count). The maximum absolute atomic E-state index is 11.7. The molecule has 0 saturated heterocycles. The van der Waals surface area contributed by atoms with Gasteiger partial charge in [-0.1, -0.05) is 25.3 Å². The minimum absolute atomic E-state index is 0.00398. The number of amides is 1. The molecular formula is C14H23NO3. The second-order valence-electron chi connectivity index (χ2n) is 4.77. The zero-order chi connectivity index (χ0) is 13.4. The Morgan fingerprint density at radius 2 is 2.06 bits per heavy atom. The lowest BCUT2D eigenvalue weighted by Gasteiger charge is -2.24. The van der Waals surface area contributed by atoms with E-state index in [-0.39, 0.29) is 23.8 Å². The standard InChI is InChI=1S/C14H23NO3/c1-3-4-10-13(16)15-12-9-7-5-6-8-11(12)14(17)18-2/h3,11-12H,1,4-10H2,2H3,(H,15,16)/t11-,12-/m0/s1. The number of carbonyl (C=O) groups excluding carboxylic acids is 2. The van der Waals surface area contributed by atoms with Crippen molar-refractivity contribution in [1.82, 2.24) is 5.32 Å². The summed E-state index contributed by atoms with van der Waals surface area (Å²) in [5, 5.41) is 2.97. The first kappa shape index (κ1) is 14.7. The summed E-state index contributed by atoms with van der Waals surface area (Å²) in [6.07, 6.45) is 7.70. The van der Waals surface area contributed by atoms with Crippen LogP contribution in [0.15, 0.2) is 12.7 Å². The highest BCUT2D eigenvalue weighted by atomic mass is 16.5. The molecule has 0 spiro atoms. The lowest BCUT2D eigenvalue weighted by atomic mass is 9.94. The van der Waals surface area contributed by atoms with Crippen molar-refractivity contribution in [2.45, 2.75) is 51.0 Å². The first-order valence-electron chi connectivity index (χ1n) is 6.67. The Morgan fingerprint density at radius 3 is 2.72 bits per heavy atom. The molecule has 4 heteroatoms. The molecule has 0 aliphatic heterocycles. The van der Waals surface area contributed by atoms with Gasteiger partial charge in [-0.25, -0.2) is 0 Å². The van der Waals surface area contributed by atoms with Crippen LogP contribution < -0.4 is 5.32 Å². The number of allylic oxidation sites excluding steroid dienone is 1. The van der Waals surface area contributed by atoms with Gasteiger partial charge in [0.05, 0.1) is 13.0 Å². The van der Waals surface area contributed by atoms with Gasteiger partial charge in [0.15, 0.2) is 0 Å². The van der Waals surface area contributed by atoms with Gasteiger partial charge in [-0.15, -0.1) is 6.58 Å². The molecular weight excluding hydrogens is 230 g/mol. The lowest BCUT2D eigenvalue weighted by Crippen LogP contribution is -2.43. The highest BCUT2D eigenvalue weighted by Crippen LogP contribution is 2.24. The Bertz CT molecular complexity index is 301. The van der Waals surface area contributed by atoms with Crippen LogP contribution in [-0.2, 0) is 14.3 Å². The van der Waals surface area contributed by atoms with Crippen LogP contribution in [0, 0.1) is 5.92 Å². The Morgan fingerprint density at radius 1 is 1.33 bits per heavy atom. The van der Waals surface area contributed by atoms with Crippen molar-refractivity contribution < 1.29 is 14.3 Å². The SMILES string of the molecule is C=CCCC(=O)N[C@H]1CCCCC[C@@H]1C(=O)OC. The van der Waals surface area contributed by atoms with E-state index in [0.29, 0.717) is 12.8 Å². The molecule has 4 nitrogen and oxygen atoms in total. The summed E-state index contributed by atoms with van der Waals surface area (Å²) >= 11 is 0. The summed E-state index contributed by atoms with van der Waals surface area (Å²) in [5.74, 6) is -0.396. The van der Waals surface area contributed by atoms with E-state index in [2.05, 4.69) is 11.9 Å². The predicted octanol–water partition coefficient (Wildman–Crippen LogP) is 2.19. The molecule has 102 valence electrons. The molecule has 1 aliphatic carbocycles. The molecule has 1 saturated carbocycles. The molecule has 1 fully saturated rings. The third kappa shape index (κ3) is 4.51. The van der Waals surface area contributed by atoms with E-state index >= 15 is 0 Å². The molecule has 0 unspecified atom stereocenters. The number of rotatable bonds is 5. The van der Waals surface area contributed by atoms with E-state index in [1.165, 1.54) is 7.11 Å². The van der Waals surface area contributed by atoms with Crippen molar-refractivity contribution in [2.24, 2.45) is 5.92 Å². The Kier molecular flexibility index (Phi) is 6.47. The molecule has 0 bridgehead atoms. The molecule has 0 aromatic heterocycles. The van der Waals surface area contributed by atoms with Gasteiger partial charge < -0.3 is 10.1 Å². The van der Waals surface area contributed by atoms with Gasteiger partial charge in [0.25, 0.3) is 0 Å². The van der Waals surface area contributed by atoms with Crippen molar-refractivity contribution in [3.05, 3.63) is 12.7 Å². The highest BCUT2D eigenvalue weighted by Gasteiger charge is 2.31. The summed E-state index contributed by atoms with van der Waals surface area (Å²) in [5.41, 5.74) is 0. The summed E-state index contributed by atoms with van der Waals surface area (Å²) in [7, 11) is 1.41. The van der Waals surface area contributed by atoms with Crippen LogP contribution in [0.3, 0.4) is 0 Å². The van der Waals surface area contributed by atoms with Crippen LogP contribution in [-0.4, -0.2) is 25.0 Å². The summed E-state index contributed by atoms with van der Waals surface area (Å²) in [6.45, 7) is 3.60. The number of ether oxygens (including phenoxy) is 1. The van der Waals surface area contributed by atoms with Crippen LogP contribution >= 0.6 is 0 Å². The minimum Gasteiger partial charge on any atom is -0.469 e. The number of hydrogen-bond acceptors (Lipinski definition) is 3. The smallest absolute Gasteiger partial charge is 0.310 e. The van der Waals surface area contributed by atoms with Crippen LogP contribution in [0.2, 0.25) is 0 Å². The van der Waals surface area contributed by atoms with Crippen LogP contribution in [0.25, 0.3) is 0 Å². The molecule has 0 heterocycles. The number of nitrogens with one attached hydrogen (secondary N) is 1. The third-order valence-corrected chi connectivity index (χ3v) is 3.44. The maximum atomic E-state index is 11.7. The Hall–Kier alpha value is -1.32. The van der Waals surface area contributed by atoms with Gasteiger partial charge in [-0.05, 0) is 19.3 Å². The van der Waals surface area contributed by atoms with E-state index in [0.717, 1.165) is 32.1 Å². The Labute approximate surface area is 109 Å². The third-order valence-electron chi connectivity index (χ3n) is 3.44. The second-order valence-corrected chi connectivity index (χ2v) is 4.77. The maximum Gasteiger partial charge on any atom is 0.310 e. The summed E-state index contributed by atoms with van der Waals surface area (Å²) in [6, 6.07) is -0.0720. The van der Waals surface area contributed by atoms with E-state index < -0.39 is 0 Å². The zero-order valence-corrected chi connectivity index (χ0v) is 11.1. The summed E-state index contributed by atoms with van der Waals surface area (Å²) < 4.78 is 4.83. The number of hydrogen-bond donors (Lipinski definition) is 1. The van der Waals surface area contributed by atoms with E-state index in [1.807, 2.05) is 0 Å². The van der Waals surface area contributed by atoms with Gasteiger partial charge in [0.2, 0.25) is 5.91 Å². The van der Waals surface area contributed by atoms with E-state index in [4.69, 9.17) is 4.74 Å².